The molecule has 35 heavy (non-hydrogen) atoms. The summed E-state index contributed by atoms with van der Waals surface area (Å²) in [7, 11) is 1.65. The van der Waals surface area contributed by atoms with Gasteiger partial charge in [0.25, 0.3) is 0 Å². The zero-order chi connectivity index (χ0) is 24.2. The Bertz CT molecular complexity index is 1270. The second-order valence-corrected chi connectivity index (χ2v) is 9.84. The van der Waals surface area contributed by atoms with Crippen LogP contribution in [-0.4, -0.2) is 45.4 Å². The number of imidazole rings is 1. The molecule has 2 saturated heterocycles. The van der Waals surface area contributed by atoms with Gasteiger partial charge < -0.3 is 19.2 Å². The fourth-order valence-corrected chi connectivity index (χ4v) is 5.16. The fourth-order valence-electron chi connectivity index (χ4n) is 4.51. The minimum atomic E-state index is -0.381. The summed E-state index contributed by atoms with van der Waals surface area (Å²) in [6, 6.07) is 12.0. The van der Waals surface area contributed by atoms with Gasteiger partial charge in [-0.15, -0.1) is 0 Å². The average molecular weight is 494 g/mol. The number of rotatable bonds is 8. The molecule has 8 nitrogen and oxygen atoms in total. The molecule has 1 aliphatic carbocycles. The lowest BCUT2D eigenvalue weighted by molar-refractivity contribution is -0.0647. The van der Waals surface area contributed by atoms with Crippen LogP contribution in [0.1, 0.15) is 55.3 Å². The van der Waals surface area contributed by atoms with Crippen molar-refractivity contribution in [2.75, 3.05) is 13.7 Å². The van der Waals surface area contributed by atoms with Crippen LogP contribution in [0.4, 0.5) is 0 Å². The predicted octanol–water partition coefficient (Wildman–Crippen LogP) is 4.75. The third-order valence-electron chi connectivity index (χ3n) is 6.46. The second-order valence-electron chi connectivity index (χ2n) is 9.06. The quantitative estimate of drug-likeness (QED) is 0.369. The van der Waals surface area contributed by atoms with Crippen LogP contribution < -0.4 is 5.49 Å². The zero-order valence-corrected chi connectivity index (χ0v) is 20.8. The van der Waals surface area contributed by atoms with E-state index in [4.69, 9.17) is 24.6 Å². The number of nitrogens with zero attached hydrogens (tertiary/aromatic N) is 3. The van der Waals surface area contributed by atoms with Crippen molar-refractivity contribution in [3.8, 4) is 0 Å². The van der Waals surface area contributed by atoms with E-state index in [1.54, 1.807) is 24.8 Å². The summed E-state index contributed by atoms with van der Waals surface area (Å²) in [4.78, 5) is 12.3. The van der Waals surface area contributed by atoms with E-state index in [0.29, 0.717) is 36.6 Å². The first-order valence-electron chi connectivity index (χ1n) is 12.0. The minimum Gasteiger partial charge on any atom is -0.376 e. The van der Waals surface area contributed by atoms with Crippen molar-refractivity contribution in [2.24, 2.45) is 0 Å². The molecule has 184 valence electrons. The molecule has 0 spiro atoms. The number of H-pyrrole nitrogens is 1. The first-order chi connectivity index (χ1) is 17.1. The van der Waals surface area contributed by atoms with Gasteiger partial charge in [0.05, 0.1) is 25.4 Å². The average Bonchev–Trinajstić information content (AvgIpc) is 3.66. The van der Waals surface area contributed by atoms with Gasteiger partial charge in [-0.3, -0.25) is 9.98 Å². The SMILES string of the molecule is C1CC2CC1O2.COC(c1ccccc1)n1cnc(=N)c2[nH]c(C(C)COCc3ccsc3)nc21. The number of nitrogens with one attached hydrogen (secondary N) is 2. The molecule has 4 aromatic rings. The van der Waals surface area contributed by atoms with Gasteiger partial charge in [0.1, 0.15) is 17.7 Å². The van der Waals surface area contributed by atoms with E-state index in [9.17, 15) is 0 Å². The van der Waals surface area contributed by atoms with Crippen molar-refractivity contribution < 1.29 is 14.2 Å². The molecular formula is C26H31N5O3S. The number of ether oxygens (including phenoxy) is 3. The van der Waals surface area contributed by atoms with Gasteiger partial charge in [-0.25, -0.2) is 9.97 Å². The van der Waals surface area contributed by atoms with Crippen LogP contribution in [-0.2, 0) is 20.8 Å². The molecule has 4 unspecified atom stereocenters. The normalized spacial score (nSPS) is 20.2. The number of benzene rings is 1. The van der Waals surface area contributed by atoms with E-state index in [1.807, 2.05) is 40.3 Å². The molecule has 3 fully saturated rings. The molecule has 2 N–H and O–H groups in total. The first kappa shape index (κ1) is 23.9. The number of hydrogen-bond donors (Lipinski definition) is 2. The summed E-state index contributed by atoms with van der Waals surface area (Å²) in [6.07, 6.45) is 6.64. The molecule has 3 aliphatic rings. The maximum Gasteiger partial charge on any atom is 0.173 e. The van der Waals surface area contributed by atoms with Crippen molar-refractivity contribution in [3.63, 3.8) is 0 Å². The Morgan fingerprint density at radius 1 is 1.23 bits per heavy atom. The second kappa shape index (κ2) is 10.8. The minimum absolute atomic E-state index is 0.0478. The standard InChI is InChI=1S/C21H23N5O2S.C5H8O/c1-14(10-28-11-15-8-9-29-12-15)19-24-17-18(22)23-13-26(20(17)25-19)21(27-2)16-6-4-3-5-7-16;1-2-5-3-4(1)6-5/h3-9,12-14,21-22H,10-11H2,1-2H3,(H,24,25);4-5H,1-3H2. The Kier molecular flexibility index (Phi) is 7.38. The third kappa shape index (κ3) is 5.38. The summed E-state index contributed by atoms with van der Waals surface area (Å²) in [6.45, 7) is 3.17. The van der Waals surface area contributed by atoms with Crippen molar-refractivity contribution in [1.29, 1.82) is 5.41 Å². The number of fused-ring (bicyclic) bond motifs is 2. The highest BCUT2D eigenvalue weighted by atomic mass is 32.1. The molecule has 0 amide bonds. The summed E-state index contributed by atoms with van der Waals surface area (Å²) < 4.78 is 18.7. The molecule has 2 bridgehead atoms. The molecule has 3 aromatic heterocycles. The molecule has 2 aliphatic heterocycles. The highest BCUT2D eigenvalue weighted by molar-refractivity contribution is 7.07. The van der Waals surface area contributed by atoms with Crippen molar-refractivity contribution in [1.82, 2.24) is 19.5 Å². The van der Waals surface area contributed by atoms with Gasteiger partial charge in [-0.1, -0.05) is 37.3 Å². The maximum atomic E-state index is 8.18. The Morgan fingerprint density at radius 2 is 2.00 bits per heavy atom. The van der Waals surface area contributed by atoms with E-state index in [2.05, 4.69) is 28.3 Å². The molecule has 7 rings (SSSR count). The van der Waals surface area contributed by atoms with E-state index < -0.39 is 0 Å². The Balaban J connectivity index is 0.000000362. The molecule has 5 heterocycles. The first-order valence-corrected chi connectivity index (χ1v) is 12.9. The molecule has 1 saturated carbocycles. The molecular weight excluding hydrogens is 462 g/mol. The molecule has 1 aromatic carbocycles. The van der Waals surface area contributed by atoms with Crippen LogP contribution in [0.2, 0.25) is 0 Å². The van der Waals surface area contributed by atoms with Crippen LogP contribution in [0, 0.1) is 5.41 Å². The Labute approximate surface area is 208 Å². The number of methoxy groups -OCH3 is 1. The fraction of sp³-hybridized carbons (Fsp3) is 0.423. The highest BCUT2D eigenvalue weighted by Gasteiger charge is 2.36. The highest BCUT2D eigenvalue weighted by Crippen LogP contribution is 2.36. The summed E-state index contributed by atoms with van der Waals surface area (Å²) in [5.74, 6) is 0.815. The van der Waals surface area contributed by atoms with Crippen LogP contribution >= 0.6 is 11.3 Å². The summed E-state index contributed by atoms with van der Waals surface area (Å²) in [5, 5.41) is 12.3. The van der Waals surface area contributed by atoms with Crippen LogP contribution in [0.25, 0.3) is 11.2 Å². The maximum absolute atomic E-state index is 8.18. The Morgan fingerprint density at radius 3 is 2.63 bits per heavy atom. The summed E-state index contributed by atoms with van der Waals surface area (Å²) >= 11 is 1.66. The topological polar surface area (TPSA) is 98.0 Å². The number of aromatic amines is 1. The summed E-state index contributed by atoms with van der Waals surface area (Å²) in [5.41, 5.74) is 3.54. The van der Waals surface area contributed by atoms with Gasteiger partial charge in [0.2, 0.25) is 0 Å². The number of hydrogen-bond acceptors (Lipinski definition) is 7. The third-order valence-corrected chi connectivity index (χ3v) is 7.19. The lowest BCUT2D eigenvalue weighted by Crippen LogP contribution is -2.25. The van der Waals surface area contributed by atoms with Gasteiger partial charge in [0, 0.05) is 18.6 Å². The van der Waals surface area contributed by atoms with E-state index >= 15 is 0 Å². The van der Waals surface area contributed by atoms with Gasteiger partial charge >= 0.3 is 0 Å². The van der Waals surface area contributed by atoms with E-state index in [-0.39, 0.29) is 17.6 Å². The van der Waals surface area contributed by atoms with E-state index in [0.717, 1.165) is 11.4 Å². The Hall–Kier alpha value is -2.85. The molecule has 9 heteroatoms. The predicted molar refractivity (Wildman–Crippen MR) is 134 cm³/mol. The van der Waals surface area contributed by atoms with Crippen LogP contribution in [0.3, 0.4) is 0 Å². The van der Waals surface area contributed by atoms with E-state index in [1.165, 1.54) is 24.8 Å². The number of thiophene rings is 1. The lowest BCUT2D eigenvalue weighted by Gasteiger charge is -2.23. The van der Waals surface area contributed by atoms with Crippen LogP contribution in [0.15, 0.2) is 53.5 Å². The van der Waals surface area contributed by atoms with Crippen LogP contribution in [0.5, 0.6) is 0 Å². The van der Waals surface area contributed by atoms with Crippen molar-refractivity contribution in [3.05, 3.63) is 75.9 Å². The largest absolute Gasteiger partial charge is 0.376 e. The monoisotopic (exact) mass is 493 g/mol. The number of aromatic nitrogens is 4. The molecule has 4 atom stereocenters. The van der Waals surface area contributed by atoms with Crippen molar-refractivity contribution in [2.45, 2.75) is 57.1 Å². The van der Waals surface area contributed by atoms with Gasteiger partial charge in [-0.2, -0.15) is 11.3 Å². The molecule has 0 radical (unpaired) electrons. The zero-order valence-electron chi connectivity index (χ0n) is 20.0. The van der Waals surface area contributed by atoms with Crippen molar-refractivity contribution >= 4 is 22.5 Å². The van der Waals surface area contributed by atoms with Gasteiger partial charge in [-0.05, 0) is 41.7 Å². The lowest BCUT2D eigenvalue weighted by atomic mass is 10.2. The van der Waals surface area contributed by atoms with Gasteiger partial charge in [0.15, 0.2) is 17.4 Å². The smallest absolute Gasteiger partial charge is 0.173 e.